The first-order chi connectivity index (χ1) is 15.9. The molecule has 0 bridgehead atoms. The molecule has 0 atom stereocenters. The number of aliphatic hydroxyl groups is 2. The number of nitrogens with zero attached hydrogens (tertiary/aromatic N) is 4. The topological polar surface area (TPSA) is 129 Å². The van der Waals surface area contributed by atoms with E-state index in [9.17, 15) is 10.2 Å². The molecule has 0 fully saturated rings. The van der Waals surface area contributed by atoms with Crippen molar-refractivity contribution in [2.75, 3.05) is 25.6 Å². The molecule has 3 heterocycles. The SMILES string of the molecule is COc1cc2c(cc1/C(C(C)=N)=C(\C)O)nc(NCCO)c1cnn(Cc3ccccn3)c12. The Labute approximate surface area is 190 Å². The van der Waals surface area contributed by atoms with Crippen LogP contribution in [0.1, 0.15) is 25.1 Å². The molecule has 0 aliphatic heterocycles. The fraction of sp³-hybridized carbons (Fsp3) is 0.250. The molecule has 170 valence electrons. The van der Waals surface area contributed by atoms with Gasteiger partial charge in [0.2, 0.25) is 0 Å². The second-order valence-electron chi connectivity index (χ2n) is 7.65. The first-order valence-corrected chi connectivity index (χ1v) is 10.5. The standard InChI is InChI=1S/C24H26N6O3/c1-14(25)22(15(2)32)18-10-20-17(11-21(18)33-3)23-19(24(29-20)27-8-9-31)12-28-30(23)13-16-6-4-5-7-26-16/h4-7,10-12,25,31-32H,8-9,13H2,1-3H3,(H,27,29)/b22-15+,25-14?. The summed E-state index contributed by atoms with van der Waals surface area (Å²) >= 11 is 0. The molecule has 0 aliphatic carbocycles. The molecule has 0 saturated carbocycles. The van der Waals surface area contributed by atoms with Crippen LogP contribution in [0.4, 0.5) is 5.82 Å². The normalized spacial score (nSPS) is 12.1. The number of rotatable bonds is 8. The second kappa shape index (κ2) is 9.25. The number of pyridine rings is 2. The van der Waals surface area contributed by atoms with Crippen LogP contribution < -0.4 is 10.1 Å². The molecule has 9 nitrogen and oxygen atoms in total. The van der Waals surface area contributed by atoms with E-state index in [1.165, 1.54) is 0 Å². The molecule has 0 saturated heterocycles. The second-order valence-corrected chi connectivity index (χ2v) is 7.65. The zero-order valence-corrected chi connectivity index (χ0v) is 18.8. The van der Waals surface area contributed by atoms with Crippen LogP contribution in [0.2, 0.25) is 0 Å². The van der Waals surface area contributed by atoms with E-state index in [2.05, 4.69) is 15.4 Å². The Morgan fingerprint density at radius 2 is 2.03 bits per heavy atom. The van der Waals surface area contributed by atoms with Crippen LogP contribution in [0.3, 0.4) is 0 Å². The minimum atomic E-state index is -0.0409. The van der Waals surface area contributed by atoms with Crippen LogP contribution >= 0.6 is 0 Å². The third-order valence-electron chi connectivity index (χ3n) is 5.35. The predicted molar refractivity (Wildman–Crippen MR) is 129 cm³/mol. The van der Waals surface area contributed by atoms with Crippen molar-refractivity contribution < 1.29 is 14.9 Å². The van der Waals surface area contributed by atoms with Crippen molar-refractivity contribution in [2.45, 2.75) is 20.4 Å². The van der Waals surface area contributed by atoms with E-state index in [1.807, 2.05) is 35.0 Å². The first-order valence-electron chi connectivity index (χ1n) is 10.5. The van der Waals surface area contributed by atoms with E-state index in [0.717, 1.165) is 22.0 Å². The fourth-order valence-corrected chi connectivity index (χ4v) is 3.98. The molecule has 0 radical (unpaired) electrons. The monoisotopic (exact) mass is 446 g/mol. The molecule has 0 unspecified atom stereocenters. The van der Waals surface area contributed by atoms with Gasteiger partial charge in [-0.1, -0.05) is 6.07 Å². The molecule has 4 N–H and O–H groups in total. The Morgan fingerprint density at radius 3 is 2.67 bits per heavy atom. The van der Waals surface area contributed by atoms with Gasteiger partial charge in [-0.2, -0.15) is 5.10 Å². The van der Waals surface area contributed by atoms with Crippen molar-refractivity contribution in [3.63, 3.8) is 0 Å². The number of ether oxygens (including phenoxy) is 1. The Balaban J connectivity index is 2.02. The molecule has 33 heavy (non-hydrogen) atoms. The number of hydrogen-bond acceptors (Lipinski definition) is 8. The Morgan fingerprint density at radius 1 is 1.21 bits per heavy atom. The maximum absolute atomic E-state index is 10.2. The number of hydrogen-bond donors (Lipinski definition) is 4. The molecule has 3 aromatic heterocycles. The molecule has 4 aromatic rings. The maximum atomic E-state index is 10.2. The molecule has 0 spiro atoms. The van der Waals surface area contributed by atoms with Gasteiger partial charge < -0.3 is 25.7 Å². The summed E-state index contributed by atoms with van der Waals surface area (Å²) in [6.45, 7) is 3.92. The minimum Gasteiger partial charge on any atom is -0.512 e. The van der Waals surface area contributed by atoms with Crippen molar-refractivity contribution in [1.29, 1.82) is 5.41 Å². The summed E-state index contributed by atoms with van der Waals surface area (Å²) in [6, 6.07) is 9.41. The van der Waals surface area contributed by atoms with Crippen molar-refractivity contribution >= 4 is 38.9 Å². The van der Waals surface area contributed by atoms with E-state index in [1.54, 1.807) is 33.4 Å². The van der Waals surface area contributed by atoms with Crippen LogP contribution in [0.5, 0.6) is 5.75 Å². The average molecular weight is 447 g/mol. The lowest BCUT2D eigenvalue weighted by Gasteiger charge is -2.16. The van der Waals surface area contributed by atoms with Gasteiger partial charge in [0, 0.05) is 35.0 Å². The van der Waals surface area contributed by atoms with Gasteiger partial charge in [0.05, 0.1) is 54.3 Å². The lowest BCUT2D eigenvalue weighted by atomic mass is 9.97. The highest BCUT2D eigenvalue weighted by Crippen LogP contribution is 2.37. The molecule has 0 aliphatic rings. The van der Waals surface area contributed by atoms with Crippen molar-refractivity contribution in [2.24, 2.45) is 0 Å². The molecule has 4 rings (SSSR count). The maximum Gasteiger partial charge on any atom is 0.137 e. The number of nitrogens with one attached hydrogen (secondary N) is 2. The van der Waals surface area contributed by atoms with E-state index < -0.39 is 0 Å². The van der Waals surface area contributed by atoms with E-state index in [0.29, 0.717) is 41.3 Å². The number of aromatic nitrogens is 4. The molecule has 1 aromatic carbocycles. The van der Waals surface area contributed by atoms with Crippen LogP contribution in [0, 0.1) is 5.41 Å². The highest BCUT2D eigenvalue weighted by Gasteiger charge is 2.20. The quantitative estimate of drug-likeness (QED) is 0.239. The molecular weight excluding hydrogens is 420 g/mol. The fourth-order valence-electron chi connectivity index (χ4n) is 3.98. The highest BCUT2D eigenvalue weighted by atomic mass is 16.5. The number of anilines is 1. The Hall–Kier alpha value is -3.98. The van der Waals surface area contributed by atoms with Gasteiger partial charge in [-0.05, 0) is 38.1 Å². The predicted octanol–water partition coefficient (Wildman–Crippen LogP) is 3.77. The van der Waals surface area contributed by atoms with Crippen LogP contribution in [0.15, 0.2) is 48.5 Å². The summed E-state index contributed by atoms with van der Waals surface area (Å²) in [5.41, 5.74) is 3.53. The van der Waals surface area contributed by atoms with Gasteiger partial charge in [-0.3, -0.25) is 9.67 Å². The third kappa shape index (κ3) is 4.22. The van der Waals surface area contributed by atoms with E-state index in [4.69, 9.17) is 15.1 Å². The Kier molecular flexibility index (Phi) is 6.23. The average Bonchev–Trinajstić information content (AvgIpc) is 3.21. The van der Waals surface area contributed by atoms with Crippen LogP contribution in [-0.4, -0.2) is 55.9 Å². The largest absolute Gasteiger partial charge is 0.512 e. The van der Waals surface area contributed by atoms with Crippen LogP contribution in [-0.2, 0) is 6.54 Å². The summed E-state index contributed by atoms with van der Waals surface area (Å²) in [6.07, 6.45) is 3.49. The van der Waals surface area contributed by atoms with Crippen LogP contribution in [0.25, 0.3) is 27.4 Å². The smallest absolute Gasteiger partial charge is 0.137 e. The minimum absolute atomic E-state index is 0.0278. The van der Waals surface area contributed by atoms with Gasteiger partial charge in [-0.15, -0.1) is 0 Å². The summed E-state index contributed by atoms with van der Waals surface area (Å²) in [4.78, 5) is 9.19. The van der Waals surface area contributed by atoms with Gasteiger partial charge in [0.25, 0.3) is 0 Å². The number of methoxy groups -OCH3 is 1. The first kappa shape index (κ1) is 22.2. The number of allylic oxidation sites excluding steroid dienone is 2. The van der Waals surface area contributed by atoms with Gasteiger partial charge in [-0.25, -0.2) is 4.98 Å². The molecular formula is C24H26N6O3. The third-order valence-corrected chi connectivity index (χ3v) is 5.35. The summed E-state index contributed by atoms with van der Waals surface area (Å²) < 4.78 is 7.52. The lowest BCUT2D eigenvalue weighted by Crippen LogP contribution is -2.09. The zero-order valence-electron chi connectivity index (χ0n) is 18.8. The highest BCUT2D eigenvalue weighted by molar-refractivity contribution is 6.23. The van der Waals surface area contributed by atoms with Gasteiger partial charge >= 0.3 is 0 Å². The number of aliphatic hydroxyl groups excluding tert-OH is 2. The number of benzene rings is 1. The van der Waals surface area contributed by atoms with E-state index in [-0.39, 0.29) is 18.1 Å². The van der Waals surface area contributed by atoms with E-state index >= 15 is 0 Å². The molecule has 0 amide bonds. The van der Waals surface area contributed by atoms with Gasteiger partial charge in [0.15, 0.2) is 0 Å². The summed E-state index contributed by atoms with van der Waals surface area (Å²) in [5.74, 6) is 1.13. The molecule has 9 heteroatoms. The lowest BCUT2D eigenvalue weighted by molar-refractivity contribution is 0.311. The number of fused-ring (bicyclic) bond motifs is 3. The van der Waals surface area contributed by atoms with Crippen molar-refractivity contribution in [1.82, 2.24) is 19.7 Å². The summed E-state index contributed by atoms with van der Waals surface area (Å²) in [5, 5.41) is 37.1. The Bertz CT molecular complexity index is 1360. The summed E-state index contributed by atoms with van der Waals surface area (Å²) in [7, 11) is 1.56. The zero-order chi connectivity index (χ0) is 23.5. The van der Waals surface area contributed by atoms with Gasteiger partial charge in [0.1, 0.15) is 11.6 Å². The van der Waals surface area contributed by atoms with Crippen molar-refractivity contribution in [3.8, 4) is 5.75 Å². The van der Waals surface area contributed by atoms with Crippen molar-refractivity contribution in [3.05, 3.63) is 59.7 Å².